The van der Waals surface area contributed by atoms with Crippen LogP contribution in [0.15, 0.2) is 53.4 Å². The molecule has 1 saturated carbocycles. The number of benzene rings is 2. The predicted molar refractivity (Wildman–Crippen MR) is 96.9 cm³/mol. The molecule has 1 fully saturated rings. The molecular weight excluding hydrogens is 360 g/mol. The van der Waals surface area contributed by atoms with Gasteiger partial charge < -0.3 is 5.32 Å². The van der Waals surface area contributed by atoms with Crippen molar-refractivity contribution in [1.82, 2.24) is 10.0 Å². The van der Waals surface area contributed by atoms with Gasteiger partial charge in [0.25, 0.3) is 0 Å². The first-order valence-electron chi connectivity index (χ1n) is 7.94. The van der Waals surface area contributed by atoms with Crippen LogP contribution in [0.25, 0.3) is 0 Å². The molecule has 2 aromatic rings. The topological polar surface area (TPSA) is 75.3 Å². The molecule has 1 aliphatic rings. The highest BCUT2D eigenvalue weighted by Crippen LogP contribution is 2.48. The van der Waals surface area contributed by atoms with Gasteiger partial charge in [0.2, 0.25) is 15.9 Å². The molecule has 0 heterocycles. The highest BCUT2D eigenvalue weighted by molar-refractivity contribution is 7.89. The van der Waals surface area contributed by atoms with Crippen molar-refractivity contribution in [1.29, 1.82) is 0 Å². The molecule has 132 valence electrons. The number of rotatable bonds is 6. The molecule has 0 unspecified atom stereocenters. The number of sulfonamides is 1. The standard InChI is InChI=1S/C18H19ClN2O3S/c1-20-25(23,24)16-4-2-3-13(11-16)12-21-17(22)18(9-10-18)14-5-7-15(19)8-6-14/h2-8,11,20H,9-10,12H2,1H3,(H,21,22). The lowest BCUT2D eigenvalue weighted by atomic mass is 9.95. The SMILES string of the molecule is CNS(=O)(=O)c1cccc(CNC(=O)C2(c3ccc(Cl)cc3)CC2)c1. The second-order valence-electron chi connectivity index (χ2n) is 6.13. The third kappa shape index (κ3) is 3.71. The molecule has 7 heteroatoms. The van der Waals surface area contributed by atoms with E-state index >= 15 is 0 Å². The molecule has 0 aliphatic heterocycles. The van der Waals surface area contributed by atoms with E-state index in [-0.39, 0.29) is 17.3 Å². The van der Waals surface area contributed by atoms with Gasteiger partial charge >= 0.3 is 0 Å². The van der Waals surface area contributed by atoms with Crippen molar-refractivity contribution in [2.45, 2.75) is 29.7 Å². The Morgan fingerprint density at radius 2 is 1.84 bits per heavy atom. The zero-order valence-electron chi connectivity index (χ0n) is 13.8. The highest BCUT2D eigenvalue weighted by Gasteiger charge is 2.51. The summed E-state index contributed by atoms with van der Waals surface area (Å²) in [6, 6.07) is 13.9. The number of carbonyl (C=O) groups is 1. The maximum absolute atomic E-state index is 12.6. The Bertz CT molecular complexity index is 891. The van der Waals surface area contributed by atoms with E-state index in [4.69, 9.17) is 11.6 Å². The van der Waals surface area contributed by atoms with E-state index < -0.39 is 15.4 Å². The molecule has 2 aromatic carbocycles. The van der Waals surface area contributed by atoms with Gasteiger partial charge in [-0.25, -0.2) is 13.1 Å². The minimum atomic E-state index is -3.50. The van der Waals surface area contributed by atoms with Crippen LogP contribution in [0, 0.1) is 0 Å². The molecule has 1 aliphatic carbocycles. The maximum Gasteiger partial charge on any atom is 0.240 e. The summed E-state index contributed by atoms with van der Waals surface area (Å²) in [7, 11) is -2.13. The number of nitrogens with one attached hydrogen (secondary N) is 2. The van der Waals surface area contributed by atoms with E-state index in [0.29, 0.717) is 5.02 Å². The first kappa shape index (κ1) is 17.9. The molecule has 2 N–H and O–H groups in total. The normalized spacial score (nSPS) is 15.6. The summed E-state index contributed by atoms with van der Waals surface area (Å²) in [4.78, 5) is 12.8. The Labute approximate surface area is 152 Å². The average molecular weight is 379 g/mol. The van der Waals surface area contributed by atoms with Gasteiger partial charge in [0.15, 0.2) is 0 Å². The van der Waals surface area contributed by atoms with E-state index in [0.717, 1.165) is 24.0 Å². The van der Waals surface area contributed by atoms with Gasteiger partial charge in [-0.3, -0.25) is 4.79 Å². The second-order valence-corrected chi connectivity index (χ2v) is 8.45. The smallest absolute Gasteiger partial charge is 0.240 e. The average Bonchev–Trinajstić information content (AvgIpc) is 3.42. The van der Waals surface area contributed by atoms with E-state index in [1.54, 1.807) is 30.3 Å². The predicted octanol–water partition coefficient (Wildman–Crippen LogP) is 2.60. The number of hydrogen-bond donors (Lipinski definition) is 2. The second kappa shape index (κ2) is 6.78. The highest BCUT2D eigenvalue weighted by atomic mass is 35.5. The molecule has 0 bridgehead atoms. The van der Waals surface area contributed by atoms with Crippen LogP contribution >= 0.6 is 11.6 Å². The van der Waals surface area contributed by atoms with Crippen LogP contribution in [-0.2, 0) is 26.8 Å². The molecule has 0 aromatic heterocycles. The third-order valence-corrected chi connectivity index (χ3v) is 6.18. The first-order valence-corrected chi connectivity index (χ1v) is 9.80. The van der Waals surface area contributed by atoms with Crippen LogP contribution in [0.2, 0.25) is 5.02 Å². The van der Waals surface area contributed by atoms with Crippen LogP contribution in [0.4, 0.5) is 0 Å². The number of hydrogen-bond acceptors (Lipinski definition) is 3. The Morgan fingerprint density at radius 3 is 2.44 bits per heavy atom. The van der Waals surface area contributed by atoms with Crippen molar-refractivity contribution < 1.29 is 13.2 Å². The lowest BCUT2D eigenvalue weighted by Crippen LogP contribution is -2.34. The zero-order valence-corrected chi connectivity index (χ0v) is 15.3. The fourth-order valence-electron chi connectivity index (χ4n) is 2.83. The van der Waals surface area contributed by atoms with Gasteiger partial charge in [-0.2, -0.15) is 0 Å². The van der Waals surface area contributed by atoms with Gasteiger partial charge in [0, 0.05) is 11.6 Å². The summed E-state index contributed by atoms with van der Waals surface area (Å²) in [5.41, 5.74) is 1.21. The van der Waals surface area contributed by atoms with Crippen LogP contribution in [0.1, 0.15) is 24.0 Å². The molecule has 0 radical (unpaired) electrons. The molecule has 3 rings (SSSR count). The zero-order chi connectivity index (χ0) is 18.1. The summed E-state index contributed by atoms with van der Waals surface area (Å²) in [5.74, 6) is -0.0447. The lowest BCUT2D eigenvalue weighted by molar-refractivity contribution is -0.123. The molecular formula is C18H19ClN2O3S. The molecule has 0 spiro atoms. The Kier molecular flexibility index (Phi) is 4.86. The van der Waals surface area contributed by atoms with E-state index in [1.807, 2.05) is 12.1 Å². The van der Waals surface area contributed by atoms with Crippen molar-refractivity contribution in [3.8, 4) is 0 Å². The van der Waals surface area contributed by atoms with Crippen molar-refractivity contribution in [2.24, 2.45) is 0 Å². The number of halogens is 1. The summed E-state index contributed by atoms with van der Waals surface area (Å²) >= 11 is 5.91. The largest absolute Gasteiger partial charge is 0.351 e. The van der Waals surface area contributed by atoms with Crippen molar-refractivity contribution in [3.63, 3.8) is 0 Å². The van der Waals surface area contributed by atoms with Gasteiger partial charge in [-0.05, 0) is 55.3 Å². The Morgan fingerprint density at radius 1 is 1.16 bits per heavy atom. The minimum Gasteiger partial charge on any atom is -0.351 e. The van der Waals surface area contributed by atoms with E-state index in [1.165, 1.54) is 13.1 Å². The van der Waals surface area contributed by atoms with Crippen LogP contribution in [0.5, 0.6) is 0 Å². The summed E-state index contributed by atoms with van der Waals surface area (Å²) < 4.78 is 26.0. The Balaban J connectivity index is 1.71. The van der Waals surface area contributed by atoms with Crippen LogP contribution in [0.3, 0.4) is 0 Å². The molecule has 1 amide bonds. The molecule has 0 atom stereocenters. The van der Waals surface area contributed by atoms with Crippen molar-refractivity contribution in [2.75, 3.05) is 7.05 Å². The van der Waals surface area contributed by atoms with Gasteiger partial charge in [-0.1, -0.05) is 35.9 Å². The quantitative estimate of drug-likeness (QED) is 0.811. The van der Waals surface area contributed by atoms with Gasteiger partial charge in [0.1, 0.15) is 0 Å². The van der Waals surface area contributed by atoms with Crippen molar-refractivity contribution >= 4 is 27.5 Å². The van der Waals surface area contributed by atoms with Crippen LogP contribution in [-0.4, -0.2) is 21.4 Å². The fraction of sp³-hybridized carbons (Fsp3) is 0.278. The molecule has 25 heavy (non-hydrogen) atoms. The van der Waals surface area contributed by atoms with Crippen LogP contribution < -0.4 is 10.0 Å². The molecule has 5 nitrogen and oxygen atoms in total. The number of amides is 1. The van der Waals surface area contributed by atoms with Crippen molar-refractivity contribution in [3.05, 3.63) is 64.7 Å². The Hall–Kier alpha value is -1.89. The first-order chi connectivity index (χ1) is 11.9. The van der Waals surface area contributed by atoms with E-state index in [2.05, 4.69) is 10.0 Å². The van der Waals surface area contributed by atoms with Gasteiger partial charge in [0.05, 0.1) is 10.3 Å². The summed E-state index contributed by atoms with van der Waals surface area (Å²) in [6.07, 6.45) is 1.60. The van der Waals surface area contributed by atoms with E-state index in [9.17, 15) is 13.2 Å². The monoisotopic (exact) mass is 378 g/mol. The summed E-state index contributed by atoms with van der Waals surface area (Å²) in [6.45, 7) is 0.279. The fourth-order valence-corrected chi connectivity index (χ4v) is 3.76. The summed E-state index contributed by atoms with van der Waals surface area (Å²) in [5, 5.41) is 3.57. The maximum atomic E-state index is 12.6. The minimum absolute atomic E-state index is 0.0447. The van der Waals surface area contributed by atoms with Gasteiger partial charge in [-0.15, -0.1) is 0 Å². The number of carbonyl (C=O) groups excluding carboxylic acids is 1. The lowest BCUT2D eigenvalue weighted by Gasteiger charge is -2.16. The third-order valence-electron chi connectivity index (χ3n) is 4.51. The molecule has 0 saturated heterocycles.